The van der Waals surface area contributed by atoms with Crippen LogP contribution in [0.1, 0.15) is 32.1 Å². The van der Waals surface area contributed by atoms with Crippen LogP contribution in [0.5, 0.6) is 0 Å². The van der Waals surface area contributed by atoms with Gasteiger partial charge in [0.2, 0.25) is 15.9 Å². The monoisotopic (exact) mass is 386 g/mol. The molecule has 2 aliphatic rings. The zero-order valence-corrected chi connectivity index (χ0v) is 16.3. The van der Waals surface area contributed by atoms with E-state index in [1.54, 1.807) is 18.8 Å². The summed E-state index contributed by atoms with van der Waals surface area (Å²) in [6.07, 6.45) is 8.54. The Morgan fingerprint density at radius 2 is 1.96 bits per heavy atom. The maximum absolute atomic E-state index is 12.7. The number of aryl methyl sites for hydroxylation is 1. The summed E-state index contributed by atoms with van der Waals surface area (Å²) in [5.74, 6) is 0.651. The fourth-order valence-corrected chi connectivity index (χ4v) is 6.08. The van der Waals surface area contributed by atoms with Crippen LogP contribution in [-0.4, -0.2) is 70.5 Å². The van der Waals surface area contributed by atoms with Crippen molar-refractivity contribution in [3.63, 3.8) is 0 Å². The Labute approximate surface area is 153 Å². The number of hydrogen-bond donors (Lipinski definition) is 0. The van der Waals surface area contributed by atoms with Crippen molar-refractivity contribution in [1.82, 2.24) is 19.0 Å². The van der Waals surface area contributed by atoms with Crippen molar-refractivity contribution < 1.29 is 13.2 Å². The molecule has 1 amide bonds. The quantitative estimate of drug-likeness (QED) is 0.763. The third-order valence-corrected chi connectivity index (χ3v) is 8.08. The topological polar surface area (TPSA) is 75.5 Å². The van der Waals surface area contributed by atoms with Crippen LogP contribution in [0.25, 0.3) is 0 Å². The number of aromatic nitrogens is 2. The van der Waals surface area contributed by atoms with Crippen LogP contribution in [-0.2, 0) is 21.9 Å². The standard InChI is InChI=1S/C16H26N4O3S2/c1-18-12-15(11-17-18)25(22,23)20-8-4-7-19(9-10-20)16(21)13-24-14-5-2-3-6-14/h11-12,14H,2-10,13H2,1H3. The fraction of sp³-hybridized carbons (Fsp3) is 0.750. The van der Waals surface area contributed by atoms with Crippen LogP contribution in [0.15, 0.2) is 17.3 Å². The summed E-state index contributed by atoms with van der Waals surface area (Å²) in [5.41, 5.74) is 0. The van der Waals surface area contributed by atoms with E-state index in [0.29, 0.717) is 43.6 Å². The van der Waals surface area contributed by atoms with Crippen molar-refractivity contribution in [2.24, 2.45) is 7.05 Å². The van der Waals surface area contributed by atoms with Gasteiger partial charge in [0.15, 0.2) is 0 Å². The van der Waals surface area contributed by atoms with Gasteiger partial charge in [-0.05, 0) is 19.3 Å². The van der Waals surface area contributed by atoms with Crippen LogP contribution in [0, 0.1) is 0 Å². The molecule has 7 nitrogen and oxygen atoms in total. The van der Waals surface area contributed by atoms with Crippen LogP contribution >= 0.6 is 11.8 Å². The van der Waals surface area contributed by atoms with E-state index < -0.39 is 10.0 Å². The lowest BCUT2D eigenvalue weighted by molar-refractivity contribution is -0.128. The Balaban J connectivity index is 1.55. The number of hydrogen-bond acceptors (Lipinski definition) is 5. The summed E-state index contributed by atoms with van der Waals surface area (Å²) in [5, 5.41) is 4.57. The molecule has 1 saturated heterocycles. The van der Waals surface area contributed by atoms with Crippen molar-refractivity contribution in [3.05, 3.63) is 12.4 Å². The predicted molar refractivity (Wildman–Crippen MR) is 97.9 cm³/mol. The van der Waals surface area contributed by atoms with E-state index in [1.165, 1.54) is 47.1 Å². The summed E-state index contributed by atoms with van der Waals surface area (Å²) in [7, 11) is -1.83. The van der Waals surface area contributed by atoms with Gasteiger partial charge in [0.1, 0.15) is 4.90 Å². The zero-order valence-electron chi connectivity index (χ0n) is 14.6. The Morgan fingerprint density at radius 3 is 2.64 bits per heavy atom. The molecule has 2 fully saturated rings. The van der Waals surface area contributed by atoms with Crippen molar-refractivity contribution in [2.75, 3.05) is 31.9 Å². The summed E-state index contributed by atoms with van der Waals surface area (Å²) < 4.78 is 28.3. The average Bonchev–Trinajstić information content (AvgIpc) is 3.19. The maximum atomic E-state index is 12.7. The molecule has 25 heavy (non-hydrogen) atoms. The van der Waals surface area contributed by atoms with Gasteiger partial charge >= 0.3 is 0 Å². The van der Waals surface area contributed by atoms with E-state index in [2.05, 4.69) is 5.10 Å². The number of rotatable bonds is 5. The molecule has 140 valence electrons. The molecule has 1 aromatic rings. The average molecular weight is 387 g/mol. The van der Waals surface area contributed by atoms with Gasteiger partial charge in [-0.1, -0.05) is 12.8 Å². The summed E-state index contributed by atoms with van der Waals surface area (Å²) in [6, 6.07) is 0. The summed E-state index contributed by atoms with van der Waals surface area (Å²) >= 11 is 1.76. The molecule has 9 heteroatoms. The highest BCUT2D eigenvalue weighted by Gasteiger charge is 2.29. The second kappa shape index (κ2) is 8.09. The van der Waals surface area contributed by atoms with E-state index in [4.69, 9.17) is 0 Å². The number of carbonyl (C=O) groups is 1. The number of amides is 1. The third-order valence-electron chi connectivity index (χ3n) is 4.87. The third kappa shape index (κ3) is 4.57. The van der Waals surface area contributed by atoms with Crippen molar-refractivity contribution in [3.8, 4) is 0 Å². The Morgan fingerprint density at radius 1 is 1.20 bits per heavy atom. The van der Waals surface area contributed by atoms with Crippen LogP contribution in [0.3, 0.4) is 0 Å². The highest BCUT2D eigenvalue weighted by atomic mass is 32.2. The molecule has 1 aliphatic heterocycles. The van der Waals surface area contributed by atoms with Crippen LogP contribution in [0.4, 0.5) is 0 Å². The van der Waals surface area contributed by atoms with E-state index in [-0.39, 0.29) is 10.8 Å². The molecule has 0 atom stereocenters. The minimum Gasteiger partial charge on any atom is -0.341 e. The molecule has 0 radical (unpaired) electrons. The van der Waals surface area contributed by atoms with Crippen LogP contribution < -0.4 is 0 Å². The smallest absolute Gasteiger partial charge is 0.246 e. The first kappa shape index (κ1) is 18.7. The van der Waals surface area contributed by atoms with Crippen LogP contribution in [0.2, 0.25) is 0 Å². The summed E-state index contributed by atoms with van der Waals surface area (Å²) in [4.78, 5) is 14.5. The van der Waals surface area contributed by atoms with Crippen molar-refractivity contribution in [1.29, 1.82) is 0 Å². The molecule has 2 heterocycles. The maximum Gasteiger partial charge on any atom is 0.246 e. The first-order chi connectivity index (χ1) is 12.0. The highest BCUT2D eigenvalue weighted by molar-refractivity contribution is 8.00. The lowest BCUT2D eigenvalue weighted by Gasteiger charge is -2.22. The van der Waals surface area contributed by atoms with Gasteiger partial charge in [-0.15, -0.1) is 11.8 Å². The second-order valence-corrected chi connectivity index (χ2v) is 9.93. The van der Waals surface area contributed by atoms with Gasteiger partial charge in [0.05, 0.1) is 11.9 Å². The lowest BCUT2D eigenvalue weighted by atomic mass is 10.4. The van der Waals surface area contributed by atoms with Gasteiger partial charge in [0.25, 0.3) is 0 Å². The molecule has 0 spiro atoms. The minimum atomic E-state index is -3.53. The fourth-order valence-electron chi connectivity index (χ4n) is 3.40. The SMILES string of the molecule is Cn1cc(S(=O)(=O)N2CCCN(C(=O)CSC3CCCC3)CC2)cn1. The van der Waals surface area contributed by atoms with E-state index in [1.807, 2.05) is 4.90 Å². The van der Waals surface area contributed by atoms with Gasteiger partial charge in [-0.25, -0.2) is 8.42 Å². The largest absolute Gasteiger partial charge is 0.341 e. The Hall–Kier alpha value is -1.06. The first-order valence-electron chi connectivity index (χ1n) is 8.85. The van der Waals surface area contributed by atoms with Gasteiger partial charge in [-0.2, -0.15) is 9.40 Å². The van der Waals surface area contributed by atoms with Gasteiger partial charge < -0.3 is 4.90 Å². The number of thioether (sulfide) groups is 1. The van der Waals surface area contributed by atoms with Crippen molar-refractivity contribution >= 4 is 27.7 Å². The van der Waals surface area contributed by atoms with Crippen molar-refractivity contribution in [2.45, 2.75) is 42.2 Å². The molecular formula is C16H26N4O3S2. The second-order valence-electron chi connectivity index (χ2n) is 6.71. The first-order valence-corrected chi connectivity index (χ1v) is 11.3. The number of nitrogens with zero attached hydrogens (tertiary/aromatic N) is 4. The van der Waals surface area contributed by atoms with Gasteiger partial charge in [0, 0.05) is 44.7 Å². The molecule has 0 bridgehead atoms. The molecule has 0 unspecified atom stereocenters. The number of carbonyl (C=O) groups excluding carboxylic acids is 1. The molecule has 0 aromatic carbocycles. The Kier molecular flexibility index (Phi) is 6.06. The van der Waals surface area contributed by atoms with E-state index >= 15 is 0 Å². The minimum absolute atomic E-state index is 0.137. The summed E-state index contributed by atoms with van der Waals surface area (Å²) in [6.45, 7) is 1.88. The molecule has 1 aliphatic carbocycles. The predicted octanol–water partition coefficient (Wildman–Crippen LogP) is 1.32. The van der Waals surface area contributed by atoms with E-state index in [9.17, 15) is 13.2 Å². The zero-order chi connectivity index (χ0) is 17.9. The van der Waals surface area contributed by atoms with E-state index in [0.717, 1.165) is 0 Å². The lowest BCUT2D eigenvalue weighted by Crippen LogP contribution is -2.38. The molecule has 0 N–H and O–H groups in total. The highest BCUT2D eigenvalue weighted by Crippen LogP contribution is 2.29. The normalized spacial score (nSPS) is 20.8. The molecule has 1 saturated carbocycles. The molecule has 3 rings (SSSR count). The number of sulfonamides is 1. The Bertz CT molecular complexity index is 698. The van der Waals surface area contributed by atoms with Gasteiger partial charge in [-0.3, -0.25) is 9.48 Å². The molecule has 1 aromatic heterocycles. The molecular weight excluding hydrogens is 360 g/mol.